The van der Waals surface area contributed by atoms with Crippen LogP contribution in [0.2, 0.25) is 0 Å². The number of rotatable bonds is 4. The Bertz CT molecular complexity index is 964. The summed E-state index contributed by atoms with van der Waals surface area (Å²) in [6, 6.07) is 18.1. The summed E-state index contributed by atoms with van der Waals surface area (Å²) in [7, 11) is 1.54. The van der Waals surface area contributed by atoms with Crippen LogP contribution >= 0.6 is 0 Å². The van der Waals surface area contributed by atoms with Crippen LogP contribution in [-0.4, -0.2) is 23.8 Å². The summed E-state index contributed by atoms with van der Waals surface area (Å²) in [5.74, 6) is 0.397. The smallest absolute Gasteiger partial charge is 0.271 e. The van der Waals surface area contributed by atoms with Crippen molar-refractivity contribution in [3.05, 3.63) is 71.8 Å². The van der Waals surface area contributed by atoms with Crippen molar-refractivity contribution in [2.24, 2.45) is 5.10 Å². The fraction of sp³-hybridized carbons (Fsp3) is 0.100. The van der Waals surface area contributed by atoms with E-state index in [4.69, 9.17) is 4.74 Å². The fourth-order valence-corrected chi connectivity index (χ4v) is 2.57. The quantitative estimate of drug-likeness (QED) is 0.564. The van der Waals surface area contributed by atoms with Gasteiger partial charge in [-0.1, -0.05) is 36.4 Å². The number of hydrogen-bond donors (Lipinski definition) is 2. The third kappa shape index (κ3) is 3.45. The molecule has 5 nitrogen and oxygen atoms in total. The molecule has 2 N–H and O–H groups in total. The Morgan fingerprint density at radius 1 is 1.08 bits per heavy atom. The molecule has 0 saturated heterocycles. The van der Waals surface area contributed by atoms with Crippen LogP contribution in [0.25, 0.3) is 10.8 Å². The summed E-state index contributed by atoms with van der Waals surface area (Å²) < 4.78 is 5.11. The molecule has 3 rings (SSSR count). The number of amides is 1. The second-order valence-electron chi connectivity index (χ2n) is 5.55. The van der Waals surface area contributed by atoms with Crippen molar-refractivity contribution in [2.75, 3.05) is 7.11 Å². The van der Waals surface area contributed by atoms with Crippen LogP contribution in [0.5, 0.6) is 11.5 Å². The van der Waals surface area contributed by atoms with E-state index in [1.165, 1.54) is 0 Å². The SMILES string of the molecule is COc1cccc(C(=O)N/N=C(\C)c2ccc3ccccc3c2O)c1. The molecule has 0 bridgehead atoms. The molecule has 0 fully saturated rings. The number of benzene rings is 3. The van der Waals surface area contributed by atoms with Crippen molar-refractivity contribution in [3.63, 3.8) is 0 Å². The Balaban J connectivity index is 1.84. The Morgan fingerprint density at radius 2 is 1.88 bits per heavy atom. The minimum atomic E-state index is -0.349. The van der Waals surface area contributed by atoms with Gasteiger partial charge in [0.1, 0.15) is 11.5 Å². The maximum absolute atomic E-state index is 12.2. The van der Waals surface area contributed by atoms with Gasteiger partial charge in [0.2, 0.25) is 0 Å². The van der Waals surface area contributed by atoms with Crippen molar-refractivity contribution >= 4 is 22.4 Å². The molecular formula is C20H18N2O3. The molecule has 0 spiro atoms. The predicted octanol–water partition coefficient (Wildman–Crippen LogP) is 3.71. The van der Waals surface area contributed by atoms with Crippen LogP contribution in [0, 0.1) is 0 Å². The lowest BCUT2D eigenvalue weighted by Gasteiger charge is -2.08. The van der Waals surface area contributed by atoms with Crippen molar-refractivity contribution in [2.45, 2.75) is 6.92 Å². The van der Waals surface area contributed by atoms with Crippen LogP contribution in [0.15, 0.2) is 65.8 Å². The molecule has 0 aromatic heterocycles. The normalized spacial score (nSPS) is 11.4. The Hall–Kier alpha value is -3.34. The lowest BCUT2D eigenvalue weighted by atomic mass is 10.0. The first-order valence-corrected chi connectivity index (χ1v) is 7.80. The standard InChI is InChI=1S/C20H18N2O3/c1-13(17-11-10-14-6-3-4-9-18(14)19(17)23)21-22-20(24)15-7-5-8-16(12-15)25-2/h3-12,23H,1-2H3,(H,22,24)/b21-13+. The number of methoxy groups -OCH3 is 1. The molecule has 0 aliphatic carbocycles. The van der Waals surface area contributed by atoms with Gasteiger partial charge >= 0.3 is 0 Å². The molecule has 126 valence electrons. The van der Waals surface area contributed by atoms with E-state index in [-0.39, 0.29) is 11.7 Å². The van der Waals surface area contributed by atoms with Gasteiger partial charge in [0.15, 0.2) is 0 Å². The third-order valence-electron chi connectivity index (χ3n) is 3.95. The zero-order valence-corrected chi connectivity index (χ0v) is 14.0. The number of carbonyl (C=O) groups excluding carboxylic acids is 1. The molecule has 25 heavy (non-hydrogen) atoms. The maximum Gasteiger partial charge on any atom is 0.271 e. The summed E-state index contributed by atoms with van der Waals surface area (Å²) in [5.41, 5.74) is 4.04. The zero-order valence-electron chi connectivity index (χ0n) is 14.0. The van der Waals surface area contributed by atoms with Gasteiger partial charge in [0.05, 0.1) is 12.8 Å². The van der Waals surface area contributed by atoms with Crippen molar-refractivity contribution in [3.8, 4) is 11.5 Å². The monoisotopic (exact) mass is 334 g/mol. The average molecular weight is 334 g/mol. The van der Waals surface area contributed by atoms with Gasteiger partial charge < -0.3 is 9.84 Å². The van der Waals surface area contributed by atoms with E-state index >= 15 is 0 Å². The molecule has 0 aliphatic heterocycles. The second kappa shape index (κ2) is 7.05. The Morgan fingerprint density at radius 3 is 2.68 bits per heavy atom. The van der Waals surface area contributed by atoms with E-state index in [0.717, 1.165) is 10.8 Å². The van der Waals surface area contributed by atoms with Crippen molar-refractivity contribution < 1.29 is 14.6 Å². The number of nitrogens with zero attached hydrogens (tertiary/aromatic N) is 1. The molecular weight excluding hydrogens is 316 g/mol. The Labute approximate surface area is 145 Å². The summed E-state index contributed by atoms with van der Waals surface area (Å²) in [4.78, 5) is 12.2. The molecule has 0 radical (unpaired) electrons. The second-order valence-corrected chi connectivity index (χ2v) is 5.55. The third-order valence-corrected chi connectivity index (χ3v) is 3.95. The van der Waals surface area contributed by atoms with Gasteiger partial charge in [0, 0.05) is 16.5 Å². The van der Waals surface area contributed by atoms with Gasteiger partial charge in [-0.2, -0.15) is 5.10 Å². The number of nitrogens with one attached hydrogen (secondary N) is 1. The zero-order chi connectivity index (χ0) is 17.8. The molecule has 0 aliphatic rings. The lowest BCUT2D eigenvalue weighted by Crippen LogP contribution is -2.19. The van der Waals surface area contributed by atoms with E-state index in [1.54, 1.807) is 44.4 Å². The minimum Gasteiger partial charge on any atom is -0.507 e. The molecule has 0 heterocycles. The number of aromatic hydroxyl groups is 1. The van der Waals surface area contributed by atoms with Crippen molar-refractivity contribution in [1.82, 2.24) is 5.43 Å². The summed E-state index contributed by atoms with van der Waals surface area (Å²) in [6.45, 7) is 1.73. The molecule has 0 unspecified atom stereocenters. The van der Waals surface area contributed by atoms with E-state index in [2.05, 4.69) is 10.5 Å². The molecule has 0 saturated carbocycles. The number of hydrazone groups is 1. The van der Waals surface area contributed by atoms with Gasteiger partial charge in [-0.25, -0.2) is 5.43 Å². The highest BCUT2D eigenvalue weighted by Crippen LogP contribution is 2.28. The molecule has 5 heteroatoms. The molecule has 3 aromatic carbocycles. The number of carbonyl (C=O) groups is 1. The number of fused-ring (bicyclic) bond motifs is 1. The van der Waals surface area contributed by atoms with Gasteiger partial charge in [-0.3, -0.25) is 4.79 Å². The summed E-state index contributed by atoms with van der Waals surface area (Å²) in [5, 5.41) is 16.3. The highest BCUT2D eigenvalue weighted by Gasteiger charge is 2.10. The van der Waals surface area contributed by atoms with Crippen LogP contribution in [0.3, 0.4) is 0 Å². The van der Waals surface area contributed by atoms with Crippen LogP contribution in [-0.2, 0) is 0 Å². The number of ether oxygens (including phenoxy) is 1. The van der Waals surface area contributed by atoms with Crippen LogP contribution in [0.4, 0.5) is 0 Å². The molecule has 3 aromatic rings. The fourth-order valence-electron chi connectivity index (χ4n) is 2.57. The van der Waals surface area contributed by atoms with Gasteiger partial charge in [0.25, 0.3) is 5.91 Å². The summed E-state index contributed by atoms with van der Waals surface area (Å²) in [6.07, 6.45) is 0. The first-order valence-electron chi connectivity index (χ1n) is 7.80. The van der Waals surface area contributed by atoms with Crippen LogP contribution in [0.1, 0.15) is 22.8 Å². The first kappa shape index (κ1) is 16.5. The van der Waals surface area contributed by atoms with E-state index < -0.39 is 0 Å². The Kier molecular flexibility index (Phi) is 4.66. The number of hydrogen-bond acceptors (Lipinski definition) is 4. The number of phenolic OH excluding ortho intramolecular Hbond substituents is 1. The van der Waals surface area contributed by atoms with E-state index in [9.17, 15) is 9.90 Å². The average Bonchev–Trinajstić information content (AvgIpc) is 2.66. The maximum atomic E-state index is 12.2. The minimum absolute atomic E-state index is 0.148. The molecule has 0 atom stereocenters. The topological polar surface area (TPSA) is 70.9 Å². The van der Waals surface area contributed by atoms with Gasteiger partial charge in [-0.05, 0) is 36.6 Å². The highest BCUT2D eigenvalue weighted by atomic mass is 16.5. The first-order chi connectivity index (χ1) is 12.1. The lowest BCUT2D eigenvalue weighted by molar-refractivity contribution is 0.0954. The predicted molar refractivity (Wildman–Crippen MR) is 98.3 cm³/mol. The largest absolute Gasteiger partial charge is 0.507 e. The number of phenols is 1. The van der Waals surface area contributed by atoms with E-state index in [1.807, 2.05) is 30.3 Å². The van der Waals surface area contributed by atoms with E-state index in [0.29, 0.717) is 22.6 Å². The van der Waals surface area contributed by atoms with Crippen molar-refractivity contribution in [1.29, 1.82) is 0 Å². The molecule has 1 amide bonds. The summed E-state index contributed by atoms with van der Waals surface area (Å²) >= 11 is 0. The highest BCUT2D eigenvalue weighted by molar-refractivity contribution is 6.07. The van der Waals surface area contributed by atoms with Crippen LogP contribution < -0.4 is 10.2 Å². The van der Waals surface area contributed by atoms with Gasteiger partial charge in [-0.15, -0.1) is 0 Å².